The number of ether oxygens (including phenoxy) is 1. The highest BCUT2D eigenvalue weighted by molar-refractivity contribution is 4.76. The normalized spacial score (nSPS) is 13.6. The average molecular weight is 157 g/mol. The maximum absolute atomic E-state index is 5.62. The molecule has 0 aliphatic carbocycles. The van der Waals surface area contributed by atoms with Crippen molar-refractivity contribution < 1.29 is 4.74 Å². The Hall–Kier alpha value is -0.0400. The Balaban J connectivity index is 3.70. The minimum absolute atomic E-state index is 0.00667. The van der Waals surface area contributed by atoms with Crippen LogP contribution in [0.15, 0.2) is 0 Å². The smallest absolute Gasteiger partial charge is 0.0286 e. The third kappa shape index (κ3) is 6.36. The lowest BCUT2D eigenvalue weighted by molar-refractivity contribution is -0.00499. The molecule has 0 heterocycles. The Bertz CT molecular complexity index is 109. The van der Waals surface area contributed by atoms with Crippen LogP contribution in [0.25, 0.3) is 0 Å². The first kappa shape index (κ1) is 11.0. The molecule has 0 aromatic rings. The van der Waals surface area contributed by atoms with Crippen LogP contribution in [0.2, 0.25) is 0 Å². The van der Waals surface area contributed by atoms with Crippen molar-refractivity contribution in [1.29, 1.82) is 0 Å². The Morgan fingerprint density at radius 3 is 1.82 bits per heavy atom. The van der Waals surface area contributed by atoms with Gasteiger partial charge in [-0.25, -0.2) is 6.61 Å². The Morgan fingerprint density at radius 2 is 1.55 bits per heavy atom. The van der Waals surface area contributed by atoms with E-state index in [2.05, 4.69) is 41.5 Å². The van der Waals surface area contributed by atoms with Crippen molar-refractivity contribution in [2.75, 3.05) is 0 Å². The largest absolute Gasteiger partial charge is 0.547 e. The van der Waals surface area contributed by atoms with Gasteiger partial charge in [0.15, 0.2) is 0 Å². The minimum Gasteiger partial charge on any atom is -0.547 e. The standard InChI is InChI=1S/C10H21O/c1-7-10(5,6)11-8-9(2,3)4/h8H,7H2,1-6H3/q-1. The third-order valence-corrected chi connectivity index (χ3v) is 1.58. The van der Waals surface area contributed by atoms with E-state index < -0.39 is 0 Å². The first-order chi connectivity index (χ1) is 4.77. The van der Waals surface area contributed by atoms with Crippen molar-refractivity contribution in [2.45, 2.75) is 53.6 Å². The molecule has 0 radical (unpaired) electrons. The van der Waals surface area contributed by atoms with Crippen LogP contribution in [0.4, 0.5) is 0 Å². The monoisotopic (exact) mass is 157 g/mol. The maximum atomic E-state index is 5.62. The van der Waals surface area contributed by atoms with Crippen molar-refractivity contribution in [3.05, 3.63) is 6.61 Å². The summed E-state index contributed by atoms with van der Waals surface area (Å²) in [5.74, 6) is 0. The van der Waals surface area contributed by atoms with Gasteiger partial charge >= 0.3 is 0 Å². The summed E-state index contributed by atoms with van der Waals surface area (Å²) in [6, 6.07) is 0. The van der Waals surface area contributed by atoms with Gasteiger partial charge < -0.3 is 4.74 Å². The summed E-state index contributed by atoms with van der Waals surface area (Å²) < 4.78 is 5.62. The zero-order valence-electron chi connectivity index (χ0n) is 8.69. The van der Waals surface area contributed by atoms with Gasteiger partial charge in [0.05, 0.1) is 0 Å². The first-order valence-electron chi connectivity index (χ1n) is 4.29. The molecule has 0 amide bonds. The molecule has 0 aromatic heterocycles. The summed E-state index contributed by atoms with van der Waals surface area (Å²) in [5, 5.41) is 0. The van der Waals surface area contributed by atoms with E-state index in [1.165, 1.54) is 0 Å². The summed E-state index contributed by atoms with van der Waals surface area (Å²) in [7, 11) is 0. The molecule has 0 N–H and O–H groups in total. The van der Waals surface area contributed by atoms with Crippen LogP contribution in [0.3, 0.4) is 0 Å². The van der Waals surface area contributed by atoms with E-state index in [9.17, 15) is 0 Å². The molecule has 11 heavy (non-hydrogen) atoms. The fourth-order valence-corrected chi connectivity index (χ4v) is 0.420. The van der Waals surface area contributed by atoms with Gasteiger partial charge in [-0.2, -0.15) is 0 Å². The quantitative estimate of drug-likeness (QED) is 0.570. The number of hydrogen-bond acceptors (Lipinski definition) is 1. The van der Waals surface area contributed by atoms with Gasteiger partial charge in [-0.15, -0.1) is 5.41 Å². The zero-order valence-corrected chi connectivity index (χ0v) is 8.69. The van der Waals surface area contributed by atoms with Crippen LogP contribution >= 0.6 is 0 Å². The van der Waals surface area contributed by atoms with Crippen molar-refractivity contribution in [3.8, 4) is 0 Å². The molecule has 0 saturated carbocycles. The van der Waals surface area contributed by atoms with E-state index in [-0.39, 0.29) is 11.0 Å². The van der Waals surface area contributed by atoms with Crippen LogP contribution in [0.1, 0.15) is 48.0 Å². The third-order valence-electron chi connectivity index (χ3n) is 1.58. The lowest BCUT2D eigenvalue weighted by Crippen LogP contribution is -2.25. The summed E-state index contributed by atoms with van der Waals surface area (Å²) in [6.07, 6.45) is 1.04. The average Bonchev–Trinajstić information content (AvgIpc) is 1.83. The molecule has 0 aliphatic heterocycles. The molecule has 68 valence electrons. The van der Waals surface area contributed by atoms with E-state index in [0.29, 0.717) is 0 Å². The highest BCUT2D eigenvalue weighted by Gasteiger charge is 2.11. The van der Waals surface area contributed by atoms with E-state index in [1.807, 2.05) is 6.61 Å². The molecule has 0 aliphatic rings. The topological polar surface area (TPSA) is 9.23 Å². The molecule has 1 nitrogen and oxygen atoms in total. The first-order valence-corrected chi connectivity index (χ1v) is 4.29. The number of hydrogen-bond donors (Lipinski definition) is 0. The van der Waals surface area contributed by atoms with Crippen LogP contribution in [-0.2, 0) is 4.74 Å². The molecule has 0 rings (SSSR count). The van der Waals surface area contributed by atoms with Gasteiger partial charge in [-0.3, -0.25) is 0 Å². The van der Waals surface area contributed by atoms with Gasteiger partial charge in [0.1, 0.15) is 0 Å². The molecule has 0 aromatic carbocycles. The fourth-order valence-electron chi connectivity index (χ4n) is 0.420. The van der Waals surface area contributed by atoms with Crippen LogP contribution in [-0.4, -0.2) is 5.60 Å². The van der Waals surface area contributed by atoms with E-state index in [4.69, 9.17) is 4.74 Å². The van der Waals surface area contributed by atoms with Crippen molar-refractivity contribution in [1.82, 2.24) is 0 Å². The molecule has 0 fully saturated rings. The summed E-state index contributed by atoms with van der Waals surface area (Å²) >= 11 is 0. The second kappa shape index (κ2) is 3.57. The molecule has 0 saturated heterocycles. The van der Waals surface area contributed by atoms with Gasteiger partial charge in [-0.1, -0.05) is 27.7 Å². The maximum Gasteiger partial charge on any atom is 0.0286 e. The van der Waals surface area contributed by atoms with E-state index in [1.54, 1.807) is 0 Å². The SMILES string of the molecule is CCC(C)(C)O[CH-]C(C)(C)C. The predicted octanol–water partition coefficient (Wildman–Crippen LogP) is 3.40. The molecule has 0 unspecified atom stereocenters. The van der Waals surface area contributed by atoms with Gasteiger partial charge in [0.25, 0.3) is 0 Å². The molecular formula is C10H21O-. The van der Waals surface area contributed by atoms with Crippen molar-refractivity contribution in [3.63, 3.8) is 0 Å². The molecule has 0 bridgehead atoms. The van der Waals surface area contributed by atoms with Crippen molar-refractivity contribution in [2.24, 2.45) is 5.41 Å². The van der Waals surface area contributed by atoms with E-state index >= 15 is 0 Å². The highest BCUT2D eigenvalue weighted by Crippen LogP contribution is 2.24. The number of rotatable bonds is 3. The Labute approximate surface area is 71.1 Å². The summed E-state index contributed by atoms with van der Waals surface area (Å²) in [6.45, 7) is 14.7. The summed E-state index contributed by atoms with van der Waals surface area (Å²) in [5.41, 5.74) is 0.153. The van der Waals surface area contributed by atoms with Gasteiger partial charge in [-0.05, 0) is 20.3 Å². The van der Waals surface area contributed by atoms with E-state index in [0.717, 1.165) is 6.42 Å². The zero-order chi connectivity index (χ0) is 9.12. The lowest BCUT2D eigenvalue weighted by atomic mass is 9.97. The predicted molar refractivity (Wildman–Crippen MR) is 49.2 cm³/mol. The molecule has 1 heteroatoms. The fraction of sp³-hybridized carbons (Fsp3) is 0.900. The van der Waals surface area contributed by atoms with Gasteiger partial charge in [0, 0.05) is 5.60 Å². The second-order valence-corrected chi connectivity index (χ2v) is 4.71. The van der Waals surface area contributed by atoms with Crippen LogP contribution < -0.4 is 0 Å². The molecular weight excluding hydrogens is 136 g/mol. The van der Waals surface area contributed by atoms with Crippen LogP contribution in [0, 0.1) is 12.0 Å². The van der Waals surface area contributed by atoms with Gasteiger partial charge in [0.2, 0.25) is 0 Å². The Kier molecular flexibility index (Phi) is 3.56. The highest BCUT2D eigenvalue weighted by atomic mass is 16.5. The molecule has 0 atom stereocenters. The summed E-state index contributed by atoms with van der Waals surface area (Å²) in [4.78, 5) is 0. The Morgan fingerprint density at radius 1 is 1.09 bits per heavy atom. The lowest BCUT2D eigenvalue weighted by Gasteiger charge is -2.39. The van der Waals surface area contributed by atoms with Crippen LogP contribution in [0.5, 0.6) is 0 Å². The minimum atomic E-state index is -0.00667. The van der Waals surface area contributed by atoms with Crippen molar-refractivity contribution >= 4 is 0 Å². The molecule has 0 spiro atoms. The second-order valence-electron chi connectivity index (χ2n) is 4.71.